The molecule has 3 N–H and O–H groups in total. The SMILES string of the molecule is CCN1CCN(c2cc(Nc3ncc(C(=O)Nc4cc(NC(=O)c5cc(-n6cnc(C)c6)cc(C(F)(F)F)c5)ccc4C)s3)nc(C)n2)CC1. The molecule has 1 aliphatic rings. The fourth-order valence-corrected chi connectivity index (χ4v) is 6.18. The molecule has 0 radical (unpaired) electrons. The molecule has 3 aromatic heterocycles. The molecule has 0 bridgehead atoms. The van der Waals surface area contributed by atoms with E-state index in [1.54, 1.807) is 38.2 Å². The molecule has 0 atom stereocenters. The Morgan fingerprint density at radius 3 is 2.40 bits per heavy atom. The first kappa shape index (κ1) is 34.5. The monoisotopic (exact) mass is 704 g/mol. The molecule has 4 heterocycles. The average Bonchev–Trinajstić information content (AvgIpc) is 3.74. The van der Waals surface area contributed by atoms with Gasteiger partial charge in [0.15, 0.2) is 5.13 Å². The molecule has 0 aliphatic carbocycles. The molecule has 50 heavy (non-hydrogen) atoms. The number of alkyl halides is 3. The van der Waals surface area contributed by atoms with Gasteiger partial charge in [0.2, 0.25) is 0 Å². The summed E-state index contributed by atoms with van der Waals surface area (Å²) in [5.74, 6) is 0.837. The van der Waals surface area contributed by atoms with Crippen molar-refractivity contribution in [3.05, 3.63) is 94.3 Å². The summed E-state index contributed by atoms with van der Waals surface area (Å²) in [7, 11) is 0. The first-order valence-corrected chi connectivity index (χ1v) is 16.7. The van der Waals surface area contributed by atoms with Crippen molar-refractivity contribution in [2.45, 2.75) is 33.9 Å². The number of rotatable bonds is 9. The van der Waals surface area contributed by atoms with E-state index in [4.69, 9.17) is 0 Å². The summed E-state index contributed by atoms with van der Waals surface area (Å²) in [6.45, 7) is 12.2. The third-order valence-corrected chi connectivity index (χ3v) is 9.10. The van der Waals surface area contributed by atoms with Gasteiger partial charge in [0.1, 0.15) is 22.3 Å². The highest BCUT2D eigenvalue weighted by Gasteiger charge is 2.32. The molecular weight excluding hydrogens is 670 g/mol. The van der Waals surface area contributed by atoms with Gasteiger partial charge in [-0.1, -0.05) is 24.3 Å². The van der Waals surface area contributed by atoms with Crippen molar-refractivity contribution in [3.63, 3.8) is 0 Å². The predicted molar refractivity (Wildman–Crippen MR) is 187 cm³/mol. The molecule has 2 aromatic carbocycles. The minimum absolute atomic E-state index is 0.140. The number of halogens is 3. The van der Waals surface area contributed by atoms with Crippen molar-refractivity contribution in [2.75, 3.05) is 53.6 Å². The lowest BCUT2D eigenvalue weighted by molar-refractivity contribution is -0.137. The number of aromatic nitrogens is 5. The zero-order valence-corrected chi connectivity index (χ0v) is 28.6. The van der Waals surface area contributed by atoms with Crippen LogP contribution in [0.25, 0.3) is 5.69 Å². The second-order valence-corrected chi connectivity index (χ2v) is 12.9. The lowest BCUT2D eigenvalue weighted by Crippen LogP contribution is -2.46. The van der Waals surface area contributed by atoms with Gasteiger partial charge in [0, 0.05) is 61.1 Å². The first-order chi connectivity index (χ1) is 23.8. The van der Waals surface area contributed by atoms with Crippen LogP contribution in [0.5, 0.6) is 0 Å². The lowest BCUT2D eigenvalue weighted by Gasteiger charge is -2.34. The van der Waals surface area contributed by atoms with Crippen LogP contribution in [0.4, 0.5) is 41.3 Å². The van der Waals surface area contributed by atoms with Crippen LogP contribution < -0.4 is 20.9 Å². The Morgan fingerprint density at radius 1 is 0.920 bits per heavy atom. The highest BCUT2D eigenvalue weighted by Crippen LogP contribution is 2.32. The number of piperazine rings is 1. The fourth-order valence-electron chi connectivity index (χ4n) is 5.46. The molecule has 6 rings (SSSR count). The number of carbonyl (C=O) groups is 2. The number of nitrogens with zero attached hydrogens (tertiary/aromatic N) is 7. The van der Waals surface area contributed by atoms with Crippen molar-refractivity contribution in [1.82, 2.24) is 29.4 Å². The van der Waals surface area contributed by atoms with Gasteiger partial charge in [-0.2, -0.15) is 13.2 Å². The Labute approximate surface area is 290 Å². The van der Waals surface area contributed by atoms with E-state index >= 15 is 0 Å². The minimum Gasteiger partial charge on any atom is -0.354 e. The van der Waals surface area contributed by atoms with Crippen LogP contribution in [0.15, 0.2) is 61.2 Å². The summed E-state index contributed by atoms with van der Waals surface area (Å²) >= 11 is 1.14. The normalized spacial score (nSPS) is 13.7. The standard InChI is InChI=1S/C34H35F3N10O2S/c1-5-45-8-10-46(11-9-45)30-16-29(40-22(4)41-30)44-33-38-17-28(50-33)32(49)43-27-15-25(7-6-20(27)2)42-31(48)23-12-24(34(35,36)37)14-26(13-23)47-18-21(3)39-19-47/h6-7,12-19H,5,8-11H2,1-4H3,(H,42,48)(H,43,49)(H,38,40,41,44). The van der Waals surface area contributed by atoms with Crippen LogP contribution in [0.1, 0.15) is 49.6 Å². The highest BCUT2D eigenvalue weighted by atomic mass is 32.1. The number of likely N-dealkylation sites (N-methyl/N-ethyl adjacent to an activating group) is 1. The number of amides is 2. The maximum atomic E-state index is 13.7. The van der Waals surface area contributed by atoms with Gasteiger partial charge in [-0.3, -0.25) is 9.59 Å². The number of benzene rings is 2. The fraction of sp³-hybridized carbons (Fsp3) is 0.294. The highest BCUT2D eigenvalue weighted by molar-refractivity contribution is 7.17. The molecule has 1 fully saturated rings. The largest absolute Gasteiger partial charge is 0.416 e. The van der Waals surface area contributed by atoms with Gasteiger partial charge < -0.3 is 30.3 Å². The maximum absolute atomic E-state index is 13.7. The first-order valence-electron chi connectivity index (χ1n) is 15.9. The summed E-state index contributed by atoms with van der Waals surface area (Å²) in [6, 6.07) is 9.82. The maximum Gasteiger partial charge on any atom is 0.416 e. The quantitative estimate of drug-likeness (QED) is 0.158. The van der Waals surface area contributed by atoms with Crippen LogP contribution in [0.2, 0.25) is 0 Å². The molecule has 5 aromatic rings. The van der Waals surface area contributed by atoms with Gasteiger partial charge in [0.25, 0.3) is 11.8 Å². The summed E-state index contributed by atoms with van der Waals surface area (Å²) in [4.78, 5) is 48.9. The third-order valence-electron chi connectivity index (χ3n) is 8.19. The number of nitrogens with one attached hydrogen (secondary N) is 3. The second kappa shape index (κ2) is 14.2. The topological polar surface area (TPSA) is 133 Å². The van der Waals surface area contributed by atoms with E-state index in [1.165, 1.54) is 23.2 Å². The van der Waals surface area contributed by atoms with Crippen LogP contribution >= 0.6 is 11.3 Å². The van der Waals surface area contributed by atoms with E-state index < -0.39 is 23.6 Å². The molecule has 1 saturated heterocycles. The summed E-state index contributed by atoms with van der Waals surface area (Å²) in [5.41, 5.74) is 0.991. The minimum atomic E-state index is -4.67. The molecule has 0 saturated carbocycles. The number of imidazole rings is 1. The Kier molecular flexibility index (Phi) is 9.83. The van der Waals surface area contributed by atoms with Gasteiger partial charge in [-0.25, -0.2) is 19.9 Å². The number of aryl methyl sites for hydroxylation is 3. The van der Waals surface area contributed by atoms with Crippen LogP contribution in [-0.4, -0.2) is 73.9 Å². The molecule has 16 heteroatoms. The van der Waals surface area contributed by atoms with E-state index in [0.717, 1.165) is 62.0 Å². The van der Waals surface area contributed by atoms with Gasteiger partial charge in [-0.15, -0.1) is 0 Å². The average molecular weight is 705 g/mol. The lowest BCUT2D eigenvalue weighted by atomic mass is 10.1. The second-order valence-electron chi connectivity index (χ2n) is 11.9. The molecule has 1 aliphatic heterocycles. The van der Waals surface area contributed by atoms with Crippen molar-refractivity contribution >= 4 is 51.3 Å². The Balaban J connectivity index is 1.14. The molecule has 2 amide bonds. The molecular formula is C34H35F3N10O2S. The van der Waals surface area contributed by atoms with Gasteiger partial charge in [-0.05, 0) is 63.2 Å². The molecule has 12 nitrogen and oxygen atoms in total. The van der Waals surface area contributed by atoms with Crippen molar-refractivity contribution < 1.29 is 22.8 Å². The Bertz CT molecular complexity index is 2040. The van der Waals surface area contributed by atoms with Gasteiger partial charge in [0.05, 0.1) is 23.8 Å². The van der Waals surface area contributed by atoms with Crippen LogP contribution in [0, 0.1) is 20.8 Å². The number of hydrogen-bond acceptors (Lipinski definition) is 10. The van der Waals surface area contributed by atoms with Gasteiger partial charge >= 0.3 is 6.18 Å². The van der Waals surface area contributed by atoms with E-state index in [9.17, 15) is 22.8 Å². The van der Waals surface area contributed by atoms with Crippen molar-refractivity contribution in [3.8, 4) is 5.69 Å². The number of carbonyl (C=O) groups excluding carboxylic acids is 2. The molecule has 0 spiro atoms. The van der Waals surface area contributed by atoms with Crippen molar-refractivity contribution in [2.24, 2.45) is 0 Å². The van der Waals surface area contributed by atoms with Crippen LogP contribution in [0.3, 0.4) is 0 Å². The zero-order chi connectivity index (χ0) is 35.6. The third kappa shape index (κ3) is 8.09. The number of anilines is 5. The zero-order valence-electron chi connectivity index (χ0n) is 27.8. The van der Waals surface area contributed by atoms with E-state index in [0.29, 0.717) is 38.6 Å². The number of hydrogen-bond donors (Lipinski definition) is 3. The number of thiazole rings is 1. The van der Waals surface area contributed by atoms with E-state index in [2.05, 4.69) is 52.6 Å². The summed E-state index contributed by atoms with van der Waals surface area (Å²) < 4.78 is 42.6. The summed E-state index contributed by atoms with van der Waals surface area (Å²) in [5, 5.41) is 9.15. The molecule has 260 valence electrons. The van der Waals surface area contributed by atoms with Crippen molar-refractivity contribution in [1.29, 1.82) is 0 Å². The Hall–Kier alpha value is -5.35. The van der Waals surface area contributed by atoms with E-state index in [1.807, 2.05) is 13.0 Å². The summed E-state index contributed by atoms with van der Waals surface area (Å²) in [6.07, 6.45) is -0.270. The smallest absolute Gasteiger partial charge is 0.354 e. The Morgan fingerprint density at radius 2 is 1.70 bits per heavy atom. The van der Waals surface area contributed by atoms with Crippen LogP contribution in [-0.2, 0) is 6.18 Å². The predicted octanol–water partition coefficient (Wildman–Crippen LogP) is 6.45. The van der Waals surface area contributed by atoms with E-state index in [-0.39, 0.29) is 16.9 Å². The molecule has 0 unspecified atom stereocenters.